The van der Waals surface area contributed by atoms with Crippen molar-refractivity contribution < 1.29 is 8.81 Å². The Morgan fingerprint density at radius 2 is 2.05 bits per heavy atom. The summed E-state index contributed by atoms with van der Waals surface area (Å²) in [6.07, 6.45) is 1.08. The van der Waals surface area contributed by atoms with Crippen LogP contribution in [0.25, 0.3) is 0 Å². The van der Waals surface area contributed by atoms with Gasteiger partial charge < -0.3 is 14.6 Å². The van der Waals surface area contributed by atoms with Crippen molar-refractivity contribution in [1.29, 1.82) is 0 Å². The minimum atomic E-state index is -0.198. The van der Waals surface area contributed by atoms with Crippen LogP contribution in [-0.4, -0.2) is 13.6 Å². The van der Waals surface area contributed by atoms with Gasteiger partial charge >= 0.3 is 0 Å². The maximum atomic E-state index is 14.2. The zero-order chi connectivity index (χ0) is 15.2. The number of rotatable bonds is 7. The molecule has 0 aliphatic rings. The first kappa shape index (κ1) is 15.6. The fourth-order valence-electron chi connectivity index (χ4n) is 2.27. The third-order valence-corrected chi connectivity index (χ3v) is 3.37. The van der Waals surface area contributed by atoms with Gasteiger partial charge in [-0.3, -0.25) is 0 Å². The number of nitrogens with one attached hydrogen (secondary N) is 1. The second-order valence-corrected chi connectivity index (χ2v) is 5.33. The van der Waals surface area contributed by atoms with Gasteiger partial charge in [0.05, 0.1) is 12.2 Å². The Hall–Kier alpha value is -1.81. The molecule has 114 valence electrons. The number of benzene rings is 1. The van der Waals surface area contributed by atoms with Crippen molar-refractivity contribution >= 4 is 5.69 Å². The molecule has 2 rings (SSSR count). The first-order valence-electron chi connectivity index (χ1n) is 7.35. The molecular formula is C17H23FN2O. The molecule has 2 aromatic rings. The van der Waals surface area contributed by atoms with Gasteiger partial charge in [-0.25, -0.2) is 4.39 Å². The molecule has 1 N–H and O–H groups in total. The van der Waals surface area contributed by atoms with Crippen molar-refractivity contribution in [2.24, 2.45) is 0 Å². The lowest BCUT2D eigenvalue weighted by Crippen LogP contribution is -2.18. The maximum Gasteiger partial charge on any atom is 0.146 e. The van der Waals surface area contributed by atoms with E-state index in [1.165, 1.54) is 0 Å². The summed E-state index contributed by atoms with van der Waals surface area (Å²) in [4.78, 5) is 1.86. The topological polar surface area (TPSA) is 28.4 Å². The fraction of sp³-hybridized carbons (Fsp3) is 0.412. The van der Waals surface area contributed by atoms with Crippen molar-refractivity contribution in [2.75, 3.05) is 18.5 Å². The normalized spacial score (nSPS) is 10.9. The second kappa shape index (κ2) is 7.27. The maximum absolute atomic E-state index is 14.2. The predicted octanol–water partition coefficient (Wildman–Crippen LogP) is 3.86. The molecule has 1 aromatic carbocycles. The van der Waals surface area contributed by atoms with Crippen LogP contribution in [0, 0.1) is 12.7 Å². The number of nitrogens with zero attached hydrogens (tertiary/aromatic N) is 1. The number of anilines is 1. The molecule has 0 aliphatic heterocycles. The molecule has 0 amide bonds. The summed E-state index contributed by atoms with van der Waals surface area (Å²) in [7, 11) is 1.87. The van der Waals surface area contributed by atoms with Crippen molar-refractivity contribution in [1.82, 2.24) is 5.32 Å². The molecule has 0 unspecified atom stereocenters. The molecule has 0 aliphatic carbocycles. The van der Waals surface area contributed by atoms with Crippen molar-refractivity contribution in [3.63, 3.8) is 0 Å². The van der Waals surface area contributed by atoms with Gasteiger partial charge in [-0.1, -0.05) is 13.0 Å². The van der Waals surface area contributed by atoms with E-state index in [0.717, 1.165) is 30.0 Å². The van der Waals surface area contributed by atoms with E-state index in [9.17, 15) is 4.39 Å². The molecule has 1 aromatic heterocycles. The lowest BCUT2D eigenvalue weighted by Gasteiger charge is -2.19. The van der Waals surface area contributed by atoms with E-state index < -0.39 is 0 Å². The molecular weight excluding hydrogens is 267 g/mol. The van der Waals surface area contributed by atoms with E-state index >= 15 is 0 Å². The van der Waals surface area contributed by atoms with Gasteiger partial charge in [-0.15, -0.1) is 0 Å². The summed E-state index contributed by atoms with van der Waals surface area (Å²) in [6, 6.07) is 9.23. The summed E-state index contributed by atoms with van der Waals surface area (Å²) in [5, 5.41) is 3.27. The second-order valence-electron chi connectivity index (χ2n) is 5.33. The van der Waals surface area contributed by atoms with Gasteiger partial charge in [0.2, 0.25) is 0 Å². The van der Waals surface area contributed by atoms with E-state index in [1.54, 1.807) is 6.07 Å². The zero-order valence-corrected chi connectivity index (χ0v) is 12.9. The summed E-state index contributed by atoms with van der Waals surface area (Å²) in [6.45, 7) is 6.22. The van der Waals surface area contributed by atoms with E-state index in [2.05, 4.69) is 12.2 Å². The fourth-order valence-corrected chi connectivity index (χ4v) is 2.27. The minimum absolute atomic E-state index is 0.198. The van der Waals surface area contributed by atoms with Gasteiger partial charge in [0.15, 0.2) is 0 Å². The number of furan rings is 1. The lowest BCUT2D eigenvalue weighted by atomic mass is 10.2. The Bertz CT molecular complexity index is 580. The number of hydrogen-bond donors (Lipinski definition) is 1. The first-order valence-corrected chi connectivity index (χ1v) is 7.35. The van der Waals surface area contributed by atoms with Crippen LogP contribution in [0.5, 0.6) is 0 Å². The van der Waals surface area contributed by atoms with Crippen LogP contribution >= 0.6 is 0 Å². The summed E-state index contributed by atoms with van der Waals surface area (Å²) in [5.41, 5.74) is 1.55. The molecule has 0 saturated carbocycles. The zero-order valence-electron chi connectivity index (χ0n) is 12.9. The smallest absolute Gasteiger partial charge is 0.146 e. The van der Waals surface area contributed by atoms with Gasteiger partial charge in [0.1, 0.15) is 17.3 Å². The number of hydrogen-bond acceptors (Lipinski definition) is 3. The lowest BCUT2D eigenvalue weighted by molar-refractivity contribution is 0.480. The van der Waals surface area contributed by atoms with Crippen LogP contribution in [0.1, 0.15) is 30.4 Å². The Balaban J connectivity index is 2.02. The average Bonchev–Trinajstić information content (AvgIpc) is 2.84. The monoisotopic (exact) mass is 290 g/mol. The van der Waals surface area contributed by atoms with Crippen LogP contribution in [0.4, 0.5) is 10.1 Å². The van der Waals surface area contributed by atoms with Crippen LogP contribution in [-0.2, 0) is 13.1 Å². The molecule has 0 fully saturated rings. The molecule has 1 heterocycles. The molecule has 0 radical (unpaired) electrons. The van der Waals surface area contributed by atoms with Gasteiger partial charge in [-0.2, -0.15) is 0 Å². The molecule has 0 bridgehead atoms. The first-order chi connectivity index (χ1) is 10.1. The van der Waals surface area contributed by atoms with Crippen LogP contribution in [0.15, 0.2) is 34.7 Å². The standard InChI is InChI=1S/C17H23FN2O/c1-4-9-19-11-14-6-8-17(16(18)10-14)20(3)12-15-7-5-13(2)21-15/h5-8,10,19H,4,9,11-12H2,1-3H3. The Morgan fingerprint density at radius 3 is 2.67 bits per heavy atom. The van der Waals surface area contributed by atoms with Crippen molar-refractivity contribution in [2.45, 2.75) is 33.4 Å². The molecule has 0 atom stereocenters. The molecule has 0 saturated heterocycles. The predicted molar refractivity (Wildman–Crippen MR) is 83.9 cm³/mol. The van der Waals surface area contributed by atoms with E-state index in [0.29, 0.717) is 18.8 Å². The molecule has 0 spiro atoms. The summed E-state index contributed by atoms with van der Waals surface area (Å²) >= 11 is 0. The van der Waals surface area contributed by atoms with Crippen LogP contribution in [0.2, 0.25) is 0 Å². The number of halogens is 1. The average molecular weight is 290 g/mol. The van der Waals surface area contributed by atoms with E-state index in [4.69, 9.17) is 4.42 Å². The Morgan fingerprint density at radius 1 is 1.24 bits per heavy atom. The van der Waals surface area contributed by atoms with Gasteiger partial charge in [0.25, 0.3) is 0 Å². The van der Waals surface area contributed by atoms with E-state index in [-0.39, 0.29) is 5.82 Å². The highest BCUT2D eigenvalue weighted by molar-refractivity contribution is 5.48. The van der Waals surface area contributed by atoms with Gasteiger partial charge in [-0.05, 0) is 49.7 Å². The van der Waals surface area contributed by atoms with Crippen molar-refractivity contribution in [3.8, 4) is 0 Å². The van der Waals surface area contributed by atoms with Crippen LogP contribution < -0.4 is 10.2 Å². The highest BCUT2D eigenvalue weighted by atomic mass is 19.1. The Labute approximate surface area is 125 Å². The SMILES string of the molecule is CCCNCc1ccc(N(C)Cc2ccc(C)o2)c(F)c1. The van der Waals surface area contributed by atoms with Crippen molar-refractivity contribution in [3.05, 3.63) is 53.2 Å². The molecule has 3 nitrogen and oxygen atoms in total. The molecule has 4 heteroatoms. The third-order valence-electron chi connectivity index (χ3n) is 3.37. The number of aryl methyl sites for hydroxylation is 1. The third kappa shape index (κ3) is 4.33. The largest absolute Gasteiger partial charge is 0.464 e. The minimum Gasteiger partial charge on any atom is -0.464 e. The van der Waals surface area contributed by atoms with E-state index in [1.807, 2.05) is 43.1 Å². The summed E-state index contributed by atoms with van der Waals surface area (Å²) < 4.78 is 19.7. The summed E-state index contributed by atoms with van der Waals surface area (Å²) in [5.74, 6) is 1.51. The highest BCUT2D eigenvalue weighted by Crippen LogP contribution is 2.21. The Kier molecular flexibility index (Phi) is 5.39. The molecule has 21 heavy (non-hydrogen) atoms. The van der Waals surface area contributed by atoms with Gasteiger partial charge in [0, 0.05) is 13.6 Å². The highest BCUT2D eigenvalue weighted by Gasteiger charge is 2.10. The quantitative estimate of drug-likeness (QED) is 0.785. The van der Waals surface area contributed by atoms with Crippen LogP contribution in [0.3, 0.4) is 0 Å².